The van der Waals surface area contributed by atoms with Gasteiger partial charge in [-0.15, -0.1) is 0 Å². The first-order valence-corrected chi connectivity index (χ1v) is 15.6. The van der Waals surface area contributed by atoms with Crippen LogP contribution in [0, 0.1) is 5.41 Å². The van der Waals surface area contributed by atoms with Gasteiger partial charge in [-0.25, -0.2) is 0 Å². The van der Waals surface area contributed by atoms with Crippen molar-refractivity contribution >= 4 is 23.1 Å². The second-order valence-electron chi connectivity index (χ2n) is 12.2. The van der Waals surface area contributed by atoms with Crippen molar-refractivity contribution in [1.29, 1.82) is 0 Å². The van der Waals surface area contributed by atoms with Gasteiger partial charge in [0.2, 0.25) is 0 Å². The van der Waals surface area contributed by atoms with Gasteiger partial charge in [0.05, 0.1) is 0 Å². The molecule has 0 bridgehead atoms. The van der Waals surface area contributed by atoms with Crippen molar-refractivity contribution in [1.82, 2.24) is 0 Å². The maximum atomic E-state index is 11.5. The lowest BCUT2D eigenvalue weighted by atomic mass is 9.68. The van der Waals surface area contributed by atoms with Crippen LogP contribution >= 0.6 is 0 Å². The van der Waals surface area contributed by atoms with Crippen LogP contribution in [0.15, 0.2) is 109 Å². The fourth-order valence-electron chi connectivity index (χ4n) is 5.32. The van der Waals surface area contributed by atoms with E-state index in [2.05, 4.69) is 68.5 Å². The summed E-state index contributed by atoms with van der Waals surface area (Å²) in [6.45, 7) is 4.30. The fourth-order valence-corrected chi connectivity index (χ4v) is 5.32. The fraction of sp³-hybridized carbons (Fsp3) is 0.385. The zero-order valence-corrected chi connectivity index (χ0v) is 25.8. The minimum atomic E-state index is -0.156. The van der Waals surface area contributed by atoms with E-state index in [9.17, 15) is 19.2 Å². The van der Waals surface area contributed by atoms with Crippen molar-refractivity contribution in [3.05, 3.63) is 120 Å². The minimum Gasteiger partial charge on any atom is -0.295 e. The normalized spacial score (nSPS) is 20.0. The first kappa shape index (κ1) is 33.6. The summed E-state index contributed by atoms with van der Waals surface area (Å²) in [6, 6.07) is 20.9. The van der Waals surface area contributed by atoms with Crippen molar-refractivity contribution in [3.63, 3.8) is 0 Å². The molecular weight excluding hydrogens is 532 g/mol. The Kier molecular flexibility index (Phi) is 13.5. The van der Waals surface area contributed by atoms with Crippen LogP contribution in [0.3, 0.4) is 0 Å². The second kappa shape index (κ2) is 17.3. The molecule has 0 spiro atoms. The zero-order chi connectivity index (χ0) is 31.0. The number of allylic oxidation sites excluding steroid dienone is 8. The van der Waals surface area contributed by atoms with Crippen LogP contribution in [-0.4, -0.2) is 23.1 Å². The summed E-state index contributed by atoms with van der Waals surface area (Å²) in [4.78, 5) is 43.2. The van der Waals surface area contributed by atoms with Crippen LogP contribution in [0.25, 0.3) is 0 Å². The maximum absolute atomic E-state index is 11.5. The average Bonchev–Trinajstić information content (AvgIpc) is 3.29. The van der Waals surface area contributed by atoms with Crippen LogP contribution in [0.4, 0.5) is 0 Å². The summed E-state index contributed by atoms with van der Waals surface area (Å²) in [5, 5.41) is 0. The molecule has 0 atom stereocenters. The number of carbonyl (C=O) groups excluding carboxylic acids is 4. The van der Waals surface area contributed by atoms with E-state index < -0.39 is 0 Å². The molecule has 4 aliphatic rings. The monoisotopic (exact) mass is 578 g/mol. The number of carbonyl (C=O) groups is 4. The molecule has 0 heterocycles. The zero-order valence-electron chi connectivity index (χ0n) is 25.8. The highest BCUT2D eigenvalue weighted by Gasteiger charge is 2.34. The Bertz CT molecular complexity index is 1290. The maximum Gasteiger partial charge on any atom is 0.155 e. The Morgan fingerprint density at radius 1 is 0.488 bits per heavy atom. The predicted molar refractivity (Wildman–Crippen MR) is 175 cm³/mol. The van der Waals surface area contributed by atoms with Gasteiger partial charge in [-0.3, -0.25) is 19.2 Å². The van der Waals surface area contributed by atoms with Gasteiger partial charge in [0.15, 0.2) is 23.1 Å². The third-order valence-corrected chi connectivity index (χ3v) is 8.08. The van der Waals surface area contributed by atoms with Crippen molar-refractivity contribution in [2.24, 2.45) is 5.41 Å². The highest BCUT2D eigenvalue weighted by Crippen LogP contribution is 2.40. The van der Waals surface area contributed by atoms with Gasteiger partial charge in [-0.05, 0) is 85.8 Å². The number of hydrogen-bond acceptors (Lipinski definition) is 4. The van der Waals surface area contributed by atoms with E-state index >= 15 is 0 Å². The number of rotatable bonds is 2. The molecule has 4 nitrogen and oxygen atoms in total. The van der Waals surface area contributed by atoms with Crippen molar-refractivity contribution in [2.45, 2.75) is 89.9 Å². The summed E-state index contributed by atoms with van der Waals surface area (Å²) >= 11 is 0. The van der Waals surface area contributed by atoms with Gasteiger partial charge in [-0.1, -0.05) is 98.8 Å². The van der Waals surface area contributed by atoms with E-state index in [1.165, 1.54) is 17.5 Å². The standard InChI is InChI=1S/C18H16O.C8H12O.C7H10O.C6H8O/c19-17-11-13-18(14-12-17,15-7-3-1-4-8-15)16-9-5-2-6-10-16;1-8(2)5-3-7(9)4-6-8;8-7-5-3-1-2-4-6-7;7-6-4-2-1-3-5-6/h1-11,13H,12,14H2;3,5H,4,6H2,1-2H3;3,5H,1-2,4,6H2;2,4H,1,3,5H2. The van der Waals surface area contributed by atoms with Crippen molar-refractivity contribution < 1.29 is 19.2 Å². The molecule has 4 heteroatoms. The molecular formula is C39H46O4. The van der Waals surface area contributed by atoms with E-state index in [1.807, 2.05) is 30.4 Å². The summed E-state index contributed by atoms with van der Waals surface area (Å²) in [7, 11) is 0. The Balaban J connectivity index is 0.000000176. The topological polar surface area (TPSA) is 68.3 Å². The summed E-state index contributed by atoms with van der Waals surface area (Å²) < 4.78 is 0. The molecule has 6 rings (SSSR count). The molecule has 0 saturated carbocycles. The van der Waals surface area contributed by atoms with Gasteiger partial charge >= 0.3 is 0 Å². The van der Waals surface area contributed by atoms with E-state index in [0.717, 1.165) is 57.8 Å². The number of hydrogen-bond donors (Lipinski definition) is 0. The van der Waals surface area contributed by atoms with Gasteiger partial charge in [0, 0.05) is 31.1 Å². The molecule has 0 fully saturated rings. The number of benzene rings is 2. The largest absolute Gasteiger partial charge is 0.295 e. The van der Waals surface area contributed by atoms with Crippen LogP contribution in [0.2, 0.25) is 0 Å². The average molecular weight is 579 g/mol. The first-order chi connectivity index (χ1) is 20.7. The molecule has 43 heavy (non-hydrogen) atoms. The highest BCUT2D eigenvalue weighted by atomic mass is 16.1. The Hall–Kier alpha value is -3.92. The van der Waals surface area contributed by atoms with E-state index in [1.54, 1.807) is 24.3 Å². The van der Waals surface area contributed by atoms with Gasteiger partial charge in [0.1, 0.15) is 0 Å². The molecule has 0 aliphatic heterocycles. The van der Waals surface area contributed by atoms with E-state index in [-0.39, 0.29) is 28.2 Å². The molecule has 2 aromatic rings. The van der Waals surface area contributed by atoms with Crippen LogP contribution in [-0.2, 0) is 24.6 Å². The third kappa shape index (κ3) is 11.7. The Morgan fingerprint density at radius 3 is 1.37 bits per heavy atom. The lowest BCUT2D eigenvalue weighted by Crippen LogP contribution is -2.29. The van der Waals surface area contributed by atoms with Crippen LogP contribution in [0.5, 0.6) is 0 Å². The molecule has 0 saturated heterocycles. The van der Waals surface area contributed by atoms with E-state index in [4.69, 9.17) is 0 Å². The van der Waals surface area contributed by atoms with Crippen LogP contribution in [0.1, 0.15) is 95.6 Å². The lowest BCUT2D eigenvalue weighted by Gasteiger charge is -2.34. The van der Waals surface area contributed by atoms with Gasteiger partial charge < -0.3 is 0 Å². The summed E-state index contributed by atoms with van der Waals surface area (Å²) in [5.41, 5.74) is 2.61. The predicted octanol–water partition coefficient (Wildman–Crippen LogP) is 8.80. The second-order valence-corrected chi connectivity index (χ2v) is 12.2. The molecule has 226 valence electrons. The summed E-state index contributed by atoms with van der Waals surface area (Å²) in [6.07, 6.45) is 25.0. The van der Waals surface area contributed by atoms with E-state index in [0.29, 0.717) is 12.2 Å². The molecule has 0 amide bonds. The SMILES string of the molecule is CC1(C)C=CC(=O)CC1.O=C1C=CC(c2ccccc2)(c2ccccc2)CC1.O=C1C=CCCC1.O=C1C=CCCCC1. The number of ketones is 4. The molecule has 2 aromatic carbocycles. The van der Waals surface area contributed by atoms with Crippen LogP contribution < -0.4 is 0 Å². The summed E-state index contributed by atoms with van der Waals surface area (Å²) in [5.74, 6) is 1.07. The lowest BCUT2D eigenvalue weighted by molar-refractivity contribution is -0.116. The highest BCUT2D eigenvalue weighted by molar-refractivity contribution is 5.92. The molecule has 4 aliphatic carbocycles. The quantitative estimate of drug-likeness (QED) is 0.357. The Labute approximate surface area is 257 Å². The Morgan fingerprint density at radius 2 is 0.953 bits per heavy atom. The molecule has 0 aromatic heterocycles. The molecule has 0 unspecified atom stereocenters. The minimum absolute atomic E-state index is 0.156. The first-order valence-electron chi connectivity index (χ1n) is 15.6. The van der Waals surface area contributed by atoms with Crippen molar-refractivity contribution in [2.75, 3.05) is 0 Å². The smallest absolute Gasteiger partial charge is 0.155 e. The van der Waals surface area contributed by atoms with Crippen molar-refractivity contribution in [3.8, 4) is 0 Å². The van der Waals surface area contributed by atoms with Gasteiger partial charge in [0.25, 0.3) is 0 Å². The molecule has 0 radical (unpaired) electrons. The van der Waals surface area contributed by atoms with Gasteiger partial charge in [-0.2, -0.15) is 0 Å². The molecule has 0 N–H and O–H groups in total. The third-order valence-electron chi connectivity index (χ3n) is 8.08.